The lowest BCUT2D eigenvalue weighted by atomic mass is 9.77. The Morgan fingerprint density at radius 3 is 2.58 bits per heavy atom. The monoisotopic (exact) mass is 708 g/mol. The molecule has 2 heterocycles. The van der Waals surface area contributed by atoms with Gasteiger partial charge in [0.1, 0.15) is 11.6 Å². The lowest BCUT2D eigenvalue weighted by molar-refractivity contribution is -0.137. The van der Waals surface area contributed by atoms with E-state index >= 15 is 0 Å². The van der Waals surface area contributed by atoms with Gasteiger partial charge < -0.3 is 20.1 Å². The summed E-state index contributed by atoms with van der Waals surface area (Å²) in [6.45, 7) is 9.77. The van der Waals surface area contributed by atoms with Crippen LogP contribution in [0.25, 0.3) is 0 Å². The van der Waals surface area contributed by atoms with Crippen molar-refractivity contribution in [3.8, 4) is 11.8 Å². The number of rotatable bonds is 6. The molecule has 3 N–H and O–H groups in total. The SMILES string of the molecule is C=C[C@H]1C[C@]1(NC(=O)[C@@H]1C[C@@H]2CC1C(=O)[C@H](C(C)(C)C)NC(=O)OCCCC#Cc1cccc3c1CN(C3)C(=O)O2)C(=O)NS(=O)(=O)C1CC1. The molecule has 0 saturated heterocycles. The highest BCUT2D eigenvalue weighted by Gasteiger charge is 2.62. The minimum Gasteiger partial charge on any atom is -0.450 e. The maximum atomic E-state index is 14.4. The molecule has 3 saturated carbocycles. The number of cyclic esters (lactones) is 1. The maximum Gasteiger partial charge on any atom is 0.410 e. The van der Waals surface area contributed by atoms with E-state index in [-0.39, 0.29) is 32.4 Å². The molecule has 5 aliphatic rings. The van der Waals surface area contributed by atoms with Crippen molar-refractivity contribution >= 4 is 39.8 Å². The van der Waals surface area contributed by atoms with Gasteiger partial charge in [0.2, 0.25) is 15.9 Å². The Morgan fingerprint density at radius 2 is 1.90 bits per heavy atom. The molecule has 0 spiro atoms. The predicted octanol–water partition coefficient (Wildman–Crippen LogP) is 3.06. The van der Waals surface area contributed by atoms with Gasteiger partial charge in [0.25, 0.3) is 5.91 Å². The first-order chi connectivity index (χ1) is 23.6. The summed E-state index contributed by atoms with van der Waals surface area (Å²) in [7, 11) is -3.90. The number of fused-ring (bicyclic) bond motifs is 3. The van der Waals surface area contributed by atoms with E-state index in [9.17, 15) is 32.4 Å². The van der Waals surface area contributed by atoms with Crippen molar-refractivity contribution < 1.29 is 41.9 Å². The highest BCUT2D eigenvalue weighted by molar-refractivity contribution is 7.91. The van der Waals surface area contributed by atoms with Gasteiger partial charge >= 0.3 is 12.2 Å². The van der Waals surface area contributed by atoms with Crippen molar-refractivity contribution in [1.29, 1.82) is 0 Å². The van der Waals surface area contributed by atoms with Crippen LogP contribution in [0.3, 0.4) is 0 Å². The minimum absolute atomic E-state index is 0.00360. The van der Waals surface area contributed by atoms with E-state index in [0.717, 1.165) is 16.7 Å². The predicted molar refractivity (Wildman–Crippen MR) is 180 cm³/mol. The lowest BCUT2D eigenvalue weighted by Gasteiger charge is -2.33. The Balaban J connectivity index is 1.28. The van der Waals surface area contributed by atoms with Gasteiger partial charge in [-0.15, -0.1) is 6.58 Å². The van der Waals surface area contributed by atoms with Gasteiger partial charge in [-0.2, -0.15) is 0 Å². The van der Waals surface area contributed by atoms with Crippen LogP contribution in [-0.4, -0.2) is 72.6 Å². The molecular formula is C36H44N4O9S. The molecule has 50 heavy (non-hydrogen) atoms. The van der Waals surface area contributed by atoms with Crippen LogP contribution in [0.2, 0.25) is 0 Å². The fraction of sp³-hybridized carbons (Fsp3) is 0.583. The summed E-state index contributed by atoms with van der Waals surface area (Å²) in [5.74, 6) is 1.74. The number of sulfonamides is 1. The zero-order valence-electron chi connectivity index (χ0n) is 28.6. The third kappa shape index (κ3) is 7.24. The Hall–Kier alpha value is -4.38. The van der Waals surface area contributed by atoms with Crippen LogP contribution in [0, 0.1) is 35.0 Å². The average Bonchev–Trinajstić information content (AvgIpc) is 3.94. The highest BCUT2D eigenvalue weighted by Crippen LogP contribution is 2.47. The zero-order chi connectivity index (χ0) is 36.0. The summed E-state index contributed by atoms with van der Waals surface area (Å²) >= 11 is 0. The number of Topliss-reactive ketones (excluding diaryl/α,β-unsaturated/α-hetero) is 1. The molecular weight excluding hydrogens is 664 g/mol. The summed E-state index contributed by atoms with van der Waals surface area (Å²) in [6.07, 6.45) is 1.22. The Labute approximate surface area is 292 Å². The Kier molecular flexibility index (Phi) is 9.49. The first-order valence-electron chi connectivity index (χ1n) is 17.2. The van der Waals surface area contributed by atoms with Gasteiger partial charge in [0, 0.05) is 30.4 Å². The van der Waals surface area contributed by atoms with Crippen LogP contribution in [0.4, 0.5) is 9.59 Å². The van der Waals surface area contributed by atoms with E-state index in [2.05, 4.69) is 33.8 Å². The molecule has 3 fully saturated rings. The molecule has 0 radical (unpaired) electrons. The number of alkyl carbamates (subject to hydrolysis) is 1. The van der Waals surface area contributed by atoms with E-state index in [1.165, 1.54) is 6.08 Å². The number of ketones is 1. The van der Waals surface area contributed by atoms with E-state index < -0.39 is 85.9 Å². The number of carbonyl (C=O) groups excluding carboxylic acids is 5. The van der Waals surface area contributed by atoms with Crippen molar-refractivity contribution in [2.24, 2.45) is 23.2 Å². The van der Waals surface area contributed by atoms with Crippen LogP contribution in [-0.2, 0) is 47.0 Å². The van der Waals surface area contributed by atoms with E-state index in [0.29, 0.717) is 32.2 Å². The van der Waals surface area contributed by atoms with Crippen LogP contribution in [0.5, 0.6) is 0 Å². The second kappa shape index (κ2) is 13.4. The molecule has 1 aromatic carbocycles. The van der Waals surface area contributed by atoms with Crippen LogP contribution in [0.1, 0.15) is 82.4 Å². The molecule has 6 atom stereocenters. The largest absolute Gasteiger partial charge is 0.450 e. The molecule has 1 unspecified atom stereocenters. The zero-order valence-corrected chi connectivity index (χ0v) is 29.4. The summed E-state index contributed by atoms with van der Waals surface area (Å²) in [5.41, 5.74) is 0.315. The second-order valence-corrected chi connectivity index (χ2v) is 17.0. The van der Waals surface area contributed by atoms with Crippen molar-refractivity contribution in [2.45, 2.75) is 102 Å². The van der Waals surface area contributed by atoms with E-state index in [1.807, 2.05) is 18.2 Å². The molecule has 0 aromatic heterocycles. The minimum atomic E-state index is -3.90. The molecule has 1 aromatic rings. The van der Waals surface area contributed by atoms with Gasteiger partial charge in [-0.1, -0.05) is 50.8 Å². The average molecular weight is 709 g/mol. The van der Waals surface area contributed by atoms with Crippen LogP contribution < -0.4 is 15.4 Å². The molecule has 4 bridgehead atoms. The fourth-order valence-electron chi connectivity index (χ4n) is 7.18. The number of hydrogen-bond donors (Lipinski definition) is 3. The van der Waals surface area contributed by atoms with Gasteiger partial charge in [-0.25, -0.2) is 18.0 Å². The smallest absolute Gasteiger partial charge is 0.410 e. The van der Waals surface area contributed by atoms with Crippen LogP contribution in [0.15, 0.2) is 30.9 Å². The van der Waals surface area contributed by atoms with Gasteiger partial charge in [-0.05, 0) is 61.1 Å². The summed E-state index contributed by atoms with van der Waals surface area (Å²) in [6, 6.07) is 4.63. The molecule has 14 heteroatoms. The first-order valence-corrected chi connectivity index (χ1v) is 18.7. The molecule has 6 rings (SSSR count). The Morgan fingerprint density at radius 1 is 1.14 bits per heavy atom. The molecule has 4 amide bonds. The number of amides is 4. The first kappa shape index (κ1) is 35.4. The Bertz CT molecular complexity index is 1790. The molecule has 2 aliphatic heterocycles. The number of nitrogens with zero attached hydrogens (tertiary/aromatic N) is 1. The van der Waals surface area contributed by atoms with E-state index in [1.54, 1.807) is 25.7 Å². The topological polar surface area (TPSA) is 177 Å². The molecule has 13 nitrogen and oxygen atoms in total. The summed E-state index contributed by atoms with van der Waals surface area (Å²) in [4.78, 5) is 69.9. The van der Waals surface area contributed by atoms with Crippen LogP contribution >= 0.6 is 0 Å². The van der Waals surface area contributed by atoms with Gasteiger partial charge in [0.15, 0.2) is 5.78 Å². The fourth-order valence-corrected chi connectivity index (χ4v) is 8.54. The van der Waals surface area contributed by atoms with Gasteiger partial charge in [0.05, 0.1) is 30.4 Å². The number of ether oxygens (including phenoxy) is 2. The second-order valence-electron chi connectivity index (χ2n) is 15.1. The van der Waals surface area contributed by atoms with Crippen molar-refractivity contribution in [1.82, 2.24) is 20.3 Å². The van der Waals surface area contributed by atoms with Gasteiger partial charge in [-0.3, -0.25) is 24.0 Å². The third-order valence-corrected chi connectivity index (χ3v) is 12.1. The molecule has 3 aliphatic carbocycles. The standard InChI is InChI=1S/C36H44N4O9S/c1-5-23-18-36(23,32(43)39-50(46,47)25-13-14-25)38-31(42)27-17-24-16-26(27)29(41)30(35(2,3)4)37-33(44)48-15-8-6-7-10-21-11-9-12-22-19-40(20-28(21)22)34(45)49-24/h5,9,11-12,23-27,30H,1,6,8,13-20H2,2-4H3,(H,37,44)(H,38,42)(H,39,43)/t23-,24-,26?,27+,30+,36+/m0/s1. The number of hydrogen-bond acceptors (Lipinski definition) is 9. The van der Waals surface area contributed by atoms with Crippen molar-refractivity contribution in [3.63, 3.8) is 0 Å². The maximum absolute atomic E-state index is 14.4. The van der Waals surface area contributed by atoms with Crippen molar-refractivity contribution in [3.05, 3.63) is 47.5 Å². The normalized spacial score (nSPS) is 29.9. The van der Waals surface area contributed by atoms with Crippen molar-refractivity contribution in [2.75, 3.05) is 6.61 Å². The lowest BCUT2D eigenvalue weighted by Crippen LogP contribution is -2.55. The third-order valence-electron chi connectivity index (χ3n) is 10.3. The molecule has 268 valence electrons. The summed E-state index contributed by atoms with van der Waals surface area (Å²) in [5, 5.41) is 4.82. The highest BCUT2D eigenvalue weighted by atomic mass is 32.2. The number of carbonyl (C=O) groups is 5. The summed E-state index contributed by atoms with van der Waals surface area (Å²) < 4.78 is 38.7. The number of benzene rings is 1. The number of nitrogens with one attached hydrogen (secondary N) is 3. The van der Waals surface area contributed by atoms with E-state index in [4.69, 9.17) is 9.47 Å². The quantitative estimate of drug-likeness (QED) is 0.296.